The van der Waals surface area contributed by atoms with Crippen molar-refractivity contribution in [2.75, 3.05) is 32.6 Å². The molecule has 0 aromatic heterocycles. The van der Waals surface area contributed by atoms with Gasteiger partial charge in [0.1, 0.15) is 6.61 Å². The first-order chi connectivity index (χ1) is 8.26. The van der Waals surface area contributed by atoms with Gasteiger partial charge in [-0.25, -0.2) is 4.79 Å². The van der Waals surface area contributed by atoms with Crippen molar-refractivity contribution in [1.29, 1.82) is 0 Å². The van der Waals surface area contributed by atoms with Crippen molar-refractivity contribution in [2.24, 2.45) is 0 Å². The van der Waals surface area contributed by atoms with E-state index in [1.807, 2.05) is 11.8 Å². The third kappa shape index (κ3) is 6.29. The zero-order valence-electron chi connectivity index (χ0n) is 10.7. The summed E-state index contributed by atoms with van der Waals surface area (Å²) in [6.45, 7) is 3.65. The molecule has 2 atom stereocenters. The van der Waals surface area contributed by atoms with E-state index in [9.17, 15) is 4.79 Å². The van der Waals surface area contributed by atoms with Crippen molar-refractivity contribution in [3.63, 3.8) is 0 Å². The van der Waals surface area contributed by atoms with Gasteiger partial charge in [-0.05, 0) is 32.4 Å². The molecular weight excluding hydrogens is 238 g/mol. The average Bonchev–Trinajstić information content (AvgIpc) is 2.77. The number of carbonyl (C=O) groups is 1. The number of carbonyl (C=O) groups excluding carboxylic acids is 1. The van der Waals surface area contributed by atoms with Gasteiger partial charge in [0, 0.05) is 17.8 Å². The first-order valence-electron chi connectivity index (χ1n) is 6.25. The normalized spacial score (nSPS) is 23.9. The van der Waals surface area contributed by atoms with Gasteiger partial charge in [0.2, 0.25) is 0 Å². The highest BCUT2D eigenvalue weighted by Crippen LogP contribution is 2.27. The highest BCUT2D eigenvalue weighted by molar-refractivity contribution is 7.99. The Balaban J connectivity index is 1.92. The third-order valence-corrected chi connectivity index (χ3v) is 4.02. The second-order valence-electron chi connectivity index (χ2n) is 4.18. The van der Waals surface area contributed by atoms with Crippen LogP contribution in [0.3, 0.4) is 0 Å². The van der Waals surface area contributed by atoms with Crippen molar-refractivity contribution < 1.29 is 14.3 Å². The van der Waals surface area contributed by atoms with Crippen LogP contribution < -0.4 is 5.32 Å². The van der Waals surface area contributed by atoms with Crippen LogP contribution in [-0.2, 0) is 14.3 Å². The standard InChI is InChI=1S/C12H23NO3S/c1-3-16-12(14)9-15-7-6-13-10-4-5-11(8-10)17-2/h10-11,13H,3-9H2,1-2H3. The maximum absolute atomic E-state index is 11.0. The van der Waals surface area contributed by atoms with E-state index >= 15 is 0 Å². The second kappa shape index (κ2) is 8.78. The highest BCUT2D eigenvalue weighted by Gasteiger charge is 2.22. The largest absolute Gasteiger partial charge is 0.464 e. The molecule has 100 valence electrons. The summed E-state index contributed by atoms with van der Waals surface area (Å²) in [6, 6.07) is 0.624. The van der Waals surface area contributed by atoms with E-state index in [-0.39, 0.29) is 12.6 Å². The zero-order valence-corrected chi connectivity index (χ0v) is 11.6. The lowest BCUT2D eigenvalue weighted by Gasteiger charge is -2.12. The molecule has 0 saturated heterocycles. The summed E-state index contributed by atoms with van der Waals surface area (Å²) in [4.78, 5) is 11.0. The summed E-state index contributed by atoms with van der Waals surface area (Å²) in [7, 11) is 0. The number of esters is 1. The minimum atomic E-state index is -0.282. The van der Waals surface area contributed by atoms with Crippen molar-refractivity contribution >= 4 is 17.7 Å². The number of hydrogen-bond donors (Lipinski definition) is 1. The molecule has 17 heavy (non-hydrogen) atoms. The van der Waals surface area contributed by atoms with E-state index in [0.29, 0.717) is 19.3 Å². The summed E-state index contributed by atoms with van der Waals surface area (Å²) in [6.07, 6.45) is 5.99. The van der Waals surface area contributed by atoms with Crippen LogP contribution in [0, 0.1) is 0 Å². The lowest BCUT2D eigenvalue weighted by molar-refractivity contribution is -0.148. The minimum absolute atomic E-state index is 0.0631. The zero-order chi connectivity index (χ0) is 12.5. The quantitative estimate of drug-likeness (QED) is 0.529. The first-order valence-corrected chi connectivity index (χ1v) is 7.54. The van der Waals surface area contributed by atoms with E-state index in [2.05, 4.69) is 11.6 Å². The molecule has 1 rings (SSSR count). The van der Waals surface area contributed by atoms with E-state index in [1.54, 1.807) is 6.92 Å². The fourth-order valence-corrected chi connectivity index (χ4v) is 2.83. The summed E-state index contributed by atoms with van der Waals surface area (Å²) in [5.74, 6) is -0.282. The van der Waals surface area contributed by atoms with Crippen LogP contribution in [0.4, 0.5) is 0 Å². The molecule has 1 saturated carbocycles. The molecule has 0 spiro atoms. The summed E-state index contributed by atoms with van der Waals surface area (Å²) in [5, 5.41) is 4.27. The molecule has 0 amide bonds. The average molecular weight is 261 g/mol. The van der Waals surface area contributed by atoms with Gasteiger partial charge in [-0.15, -0.1) is 0 Å². The molecule has 4 nitrogen and oxygen atoms in total. The molecular formula is C12H23NO3S. The van der Waals surface area contributed by atoms with Crippen LogP contribution in [0.5, 0.6) is 0 Å². The van der Waals surface area contributed by atoms with Crippen LogP contribution in [0.25, 0.3) is 0 Å². The Labute approximate surface area is 108 Å². The maximum Gasteiger partial charge on any atom is 0.332 e. The van der Waals surface area contributed by atoms with Crippen molar-refractivity contribution in [1.82, 2.24) is 5.32 Å². The number of thioether (sulfide) groups is 1. The fraction of sp³-hybridized carbons (Fsp3) is 0.917. The molecule has 5 heteroatoms. The van der Waals surface area contributed by atoms with Gasteiger partial charge in [-0.2, -0.15) is 11.8 Å². The molecule has 2 unspecified atom stereocenters. The van der Waals surface area contributed by atoms with Crippen LogP contribution in [-0.4, -0.2) is 49.9 Å². The predicted molar refractivity (Wildman–Crippen MR) is 70.4 cm³/mol. The number of hydrogen-bond acceptors (Lipinski definition) is 5. The van der Waals surface area contributed by atoms with Crippen LogP contribution >= 0.6 is 11.8 Å². The van der Waals surface area contributed by atoms with Crippen LogP contribution in [0.2, 0.25) is 0 Å². The Bertz CT molecular complexity index is 226. The third-order valence-electron chi connectivity index (χ3n) is 2.92. The maximum atomic E-state index is 11.0. The summed E-state index contributed by atoms with van der Waals surface area (Å²) in [5.41, 5.74) is 0. The smallest absolute Gasteiger partial charge is 0.332 e. The lowest BCUT2D eigenvalue weighted by Crippen LogP contribution is -2.30. The van der Waals surface area contributed by atoms with Gasteiger partial charge < -0.3 is 14.8 Å². The Morgan fingerprint density at radius 2 is 2.29 bits per heavy atom. The molecule has 1 aliphatic rings. The monoisotopic (exact) mass is 261 g/mol. The molecule has 0 aromatic carbocycles. The van der Waals surface area contributed by atoms with Crippen LogP contribution in [0.1, 0.15) is 26.2 Å². The van der Waals surface area contributed by atoms with E-state index < -0.39 is 0 Å². The van der Waals surface area contributed by atoms with Gasteiger partial charge in [0.15, 0.2) is 0 Å². The number of nitrogens with one attached hydrogen (secondary N) is 1. The highest BCUT2D eigenvalue weighted by atomic mass is 32.2. The predicted octanol–water partition coefficient (Wildman–Crippen LogP) is 1.44. The Hall–Kier alpha value is -0.260. The SMILES string of the molecule is CCOC(=O)COCCNC1CCC(SC)C1. The molecule has 0 heterocycles. The lowest BCUT2D eigenvalue weighted by atomic mass is 10.2. The van der Waals surface area contributed by atoms with Crippen molar-refractivity contribution in [2.45, 2.75) is 37.5 Å². The van der Waals surface area contributed by atoms with Crippen LogP contribution in [0.15, 0.2) is 0 Å². The molecule has 1 N–H and O–H groups in total. The summed E-state index contributed by atoms with van der Waals surface area (Å²) < 4.78 is 9.98. The van der Waals surface area contributed by atoms with Crippen molar-refractivity contribution in [3.05, 3.63) is 0 Å². The number of rotatable bonds is 8. The Morgan fingerprint density at radius 1 is 1.47 bits per heavy atom. The fourth-order valence-electron chi connectivity index (χ4n) is 2.03. The van der Waals surface area contributed by atoms with E-state index in [4.69, 9.17) is 9.47 Å². The number of ether oxygens (including phenoxy) is 2. The minimum Gasteiger partial charge on any atom is -0.464 e. The molecule has 0 radical (unpaired) electrons. The molecule has 0 bridgehead atoms. The van der Waals surface area contributed by atoms with E-state index in [0.717, 1.165) is 11.8 Å². The van der Waals surface area contributed by atoms with Gasteiger partial charge in [-0.1, -0.05) is 0 Å². The van der Waals surface area contributed by atoms with Gasteiger partial charge in [-0.3, -0.25) is 0 Å². The van der Waals surface area contributed by atoms with E-state index in [1.165, 1.54) is 19.3 Å². The molecule has 1 aliphatic carbocycles. The van der Waals surface area contributed by atoms with Crippen molar-refractivity contribution in [3.8, 4) is 0 Å². The molecule has 0 aliphatic heterocycles. The van der Waals surface area contributed by atoms with Gasteiger partial charge >= 0.3 is 5.97 Å². The van der Waals surface area contributed by atoms with Gasteiger partial charge in [0.25, 0.3) is 0 Å². The Morgan fingerprint density at radius 3 is 2.94 bits per heavy atom. The van der Waals surface area contributed by atoms with Gasteiger partial charge in [0.05, 0.1) is 13.2 Å². The topological polar surface area (TPSA) is 47.6 Å². The summed E-state index contributed by atoms with van der Waals surface area (Å²) >= 11 is 1.96. The first kappa shape index (κ1) is 14.8. The Kier molecular flexibility index (Phi) is 7.64. The molecule has 1 fully saturated rings. The molecule has 0 aromatic rings. The second-order valence-corrected chi connectivity index (χ2v) is 5.32.